The first-order chi connectivity index (χ1) is 9.84. The zero-order valence-electron chi connectivity index (χ0n) is 12.5. The van der Waals surface area contributed by atoms with Crippen LogP contribution in [-0.2, 0) is 16.0 Å². The molecule has 2 aromatic rings. The summed E-state index contributed by atoms with van der Waals surface area (Å²) >= 11 is 0. The number of rotatable bonds is 4. The van der Waals surface area contributed by atoms with Crippen molar-refractivity contribution >= 4 is 22.6 Å². The second-order valence-corrected chi connectivity index (χ2v) is 5.63. The van der Waals surface area contributed by atoms with E-state index in [1.807, 2.05) is 42.5 Å². The molecule has 0 aromatic heterocycles. The third-order valence-electron chi connectivity index (χ3n) is 3.96. The highest BCUT2D eigenvalue weighted by Gasteiger charge is 2.35. The number of carbonyl (C=O) groups is 2. The number of amides is 1. The van der Waals surface area contributed by atoms with Crippen molar-refractivity contribution in [2.75, 3.05) is 7.05 Å². The summed E-state index contributed by atoms with van der Waals surface area (Å²) in [5, 5.41) is 11.3. The van der Waals surface area contributed by atoms with Crippen molar-refractivity contribution in [2.45, 2.75) is 25.8 Å². The maximum absolute atomic E-state index is 12.4. The molecule has 0 saturated heterocycles. The van der Waals surface area contributed by atoms with Crippen molar-refractivity contribution in [3.8, 4) is 0 Å². The number of carbonyl (C=O) groups excluding carboxylic acids is 1. The molecule has 0 fully saturated rings. The monoisotopic (exact) mass is 285 g/mol. The summed E-state index contributed by atoms with van der Waals surface area (Å²) in [6, 6.07) is 13.7. The maximum atomic E-state index is 12.4. The Morgan fingerprint density at radius 3 is 2.38 bits per heavy atom. The fourth-order valence-electron chi connectivity index (χ4n) is 2.18. The minimum atomic E-state index is -1.22. The molecule has 2 aromatic carbocycles. The Balaban J connectivity index is 2.28. The number of hydrogen-bond donors (Lipinski definition) is 1. The van der Waals surface area contributed by atoms with Crippen molar-refractivity contribution in [2.24, 2.45) is 0 Å². The van der Waals surface area contributed by atoms with Crippen LogP contribution in [-0.4, -0.2) is 34.5 Å². The van der Waals surface area contributed by atoms with Crippen molar-refractivity contribution in [1.82, 2.24) is 4.90 Å². The Morgan fingerprint density at radius 1 is 1.10 bits per heavy atom. The molecule has 0 atom stereocenters. The van der Waals surface area contributed by atoms with Crippen LogP contribution in [0.2, 0.25) is 0 Å². The first kappa shape index (κ1) is 15.0. The molecule has 0 saturated carbocycles. The lowest BCUT2D eigenvalue weighted by Gasteiger charge is -2.31. The second kappa shape index (κ2) is 5.56. The van der Waals surface area contributed by atoms with E-state index in [2.05, 4.69) is 0 Å². The molecule has 1 amide bonds. The number of carboxylic acids is 1. The highest BCUT2D eigenvalue weighted by Crippen LogP contribution is 2.21. The number of benzene rings is 2. The Hall–Kier alpha value is -2.36. The highest BCUT2D eigenvalue weighted by molar-refractivity contribution is 5.92. The molecule has 1 N–H and O–H groups in total. The number of carboxylic acid groups (broad SMARTS) is 1. The highest BCUT2D eigenvalue weighted by atomic mass is 16.4. The number of fused-ring (bicyclic) bond motifs is 1. The third-order valence-corrected chi connectivity index (χ3v) is 3.96. The Bertz CT molecular complexity index is 686. The summed E-state index contributed by atoms with van der Waals surface area (Å²) in [6.07, 6.45) is 0.189. The average molecular weight is 285 g/mol. The number of nitrogens with zero attached hydrogens (tertiary/aromatic N) is 1. The second-order valence-electron chi connectivity index (χ2n) is 5.63. The Labute approximate surface area is 124 Å². The standard InChI is InChI=1S/C17H19NO3/c1-17(2,16(20)21)18(3)15(19)11-13-9-6-8-12-7-4-5-10-14(12)13/h4-10H,11H2,1-3H3,(H,20,21). The van der Waals surface area contributed by atoms with Gasteiger partial charge in [-0.25, -0.2) is 4.79 Å². The minimum Gasteiger partial charge on any atom is -0.480 e. The van der Waals surface area contributed by atoms with Crippen LogP contribution in [0.3, 0.4) is 0 Å². The van der Waals surface area contributed by atoms with Crippen molar-refractivity contribution in [3.63, 3.8) is 0 Å². The zero-order chi connectivity index (χ0) is 15.6. The van der Waals surface area contributed by atoms with Crippen molar-refractivity contribution < 1.29 is 14.7 Å². The fourth-order valence-corrected chi connectivity index (χ4v) is 2.18. The third kappa shape index (κ3) is 2.89. The SMILES string of the molecule is CN(C(=O)Cc1cccc2ccccc12)C(C)(C)C(=O)O. The van der Waals surface area contributed by atoms with E-state index < -0.39 is 11.5 Å². The normalized spacial score (nSPS) is 11.4. The van der Waals surface area contributed by atoms with Crippen molar-refractivity contribution in [3.05, 3.63) is 48.0 Å². The van der Waals surface area contributed by atoms with Gasteiger partial charge in [-0.2, -0.15) is 0 Å². The molecule has 0 spiro atoms. The van der Waals surface area contributed by atoms with Crippen LogP contribution in [0.4, 0.5) is 0 Å². The molecule has 0 unspecified atom stereocenters. The lowest BCUT2D eigenvalue weighted by atomic mass is 9.99. The Kier molecular flexibility index (Phi) is 3.98. The molecule has 0 aliphatic heterocycles. The van der Waals surface area contributed by atoms with Crippen LogP contribution in [0.5, 0.6) is 0 Å². The van der Waals surface area contributed by atoms with E-state index in [4.69, 9.17) is 0 Å². The largest absolute Gasteiger partial charge is 0.480 e. The van der Waals surface area contributed by atoms with Gasteiger partial charge in [-0.1, -0.05) is 42.5 Å². The molecular formula is C17H19NO3. The van der Waals surface area contributed by atoms with E-state index in [1.165, 1.54) is 25.8 Å². The average Bonchev–Trinajstić information content (AvgIpc) is 2.46. The van der Waals surface area contributed by atoms with E-state index in [0.717, 1.165) is 16.3 Å². The zero-order valence-corrected chi connectivity index (χ0v) is 12.5. The summed E-state index contributed by atoms with van der Waals surface area (Å²) in [6.45, 7) is 3.05. The molecule has 0 aliphatic rings. The fraction of sp³-hybridized carbons (Fsp3) is 0.294. The summed E-state index contributed by atoms with van der Waals surface area (Å²) in [4.78, 5) is 24.9. The van der Waals surface area contributed by atoms with Crippen LogP contribution in [0.15, 0.2) is 42.5 Å². The number of hydrogen-bond acceptors (Lipinski definition) is 2. The first-order valence-electron chi connectivity index (χ1n) is 6.80. The summed E-state index contributed by atoms with van der Waals surface area (Å²) < 4.78 is 0. The summed E-state index contributed by atoms with van der Waals surface area (Å²) in [5.41, 5.74) is -0.312. The van der Waals surface area contributed by atoms with Crippen LogP contribution in [0, 0.1) is 0 Å². The molecule has 0 heterocycles. The van der Waals surface area contributed by atoms with E-state index in [1.54, 1.807) is 0 Å². The van der Waals surface area contributed by atoms with Gasteiger partial charge >= 0.3 is 5.97 Å². The molecule has 0 radical (unpaired) electrons. The first-order valence-corrected chi connectivity index (χ1v) is 6.80. The van der Waals surface area contributed by atoms with E-state index in [-0.39, 0.29) is 12.3 Å². The quantitative estimate of drug-likeness (QED) is 0.939. The molecule has 0 aliphatic carbocycles. The predicted molar refractivity (Wildman–Crippen MR) is 82.1 cm³/mol. The summed E-state index contributed by atoms with van der Waals surface area (Å²) in [5.74, 6) is -1.23. The topological polar surface area (TPSA) is 57.6 Å². The molecule has 110 valence electrons. The van der Waals surface area contributed by atoms with Crippen LogP contribution in [0.1, 0.15) is 19.4 Å². The van der Waals surface area contributed by atoms with Crippen LogP contribution in [0.25, 0.3) is 10.8 Å². The van der Waals surface area contributed by atoms with Crippen LogP contribution >= 0.6 is 0 Å². The predicted octanol–water partition coefficient (Wildman–Crippen LogP) is 2.70. The molecule has 4 heteroatoms. The number of aliphatic carboxylic acids is 1. The van der Waals surface area contributed by atoms with Gasteiger partial charge in [-0.3, -0.25) is 4.79 Å². The lowest BCUT2D eigenvalue weighted by Crippen LogP contribution is -2.51. The van der Waals surface area contributed by atoms with E-state index in [0.29, 0.717) is 0 Å². The van der Waals surface area contributed by atoms with Gasteiger partial charge in [0, 0.05) is 7.05 Å². The number of likely N-dealkylation sites (N-methyl/N-ethyl adjacent to an activating group) is 1. The van der Waals surface area contributed by atoms with E-state index >= 15 is 0 Å². The molecule has 21 heavy (non-hydrogen) atoms. The lowest BCUT2D eigenvalue weighted by molar-refractivity contribution is -0.155. The van der Waals surface area contributed by atoms with Crippen LogP contribution < -0.4 is 0 Å². The van der Waals surface area contributed by atoms with Gasteiger partial charge in [0.25, 0.3) is 0 Å². The molecular weight excluding hydrogens is 266 g/mol. The molecule has 2 rings (SSSR count). The Morgan fingerprint density at radius 2 is 1.71 bits per heavy atom. The van der Waals surface area contributed by atoms with Gasteiger partial charge < -0.3 is 10.0 Å². The molecule has 4 nitrogen and oxygen atoms in total. The minimum absolute atomic E-state index is 0.189. The van der Waals surface area contributed by atoms with E-state index in [9.17, 15) is 14.7 Å². The van der Waals surface area contributed by atoms with Gasteiger partial charge in [0.2, 0.25) is 5.91 Å². The van der Waals surface area contributed by atoms with Crippen molar-refractivity contribution in [1.29, 1.82) is 0 Å². The van der Waals surface area contributed by atoms with Gasteiger partial charge in [0.15, 0.2) is 0 Å². The smallest absolute Gasteiger partial charge is 0.329 e. The van der Waals surface area contributed by atoms with Gasteiger partial charge in [-0.15, -0.1) is 0 Å². The van der Waals surface area contributed by atoms with Gasteiger partial charge in [0.05, 0.1) is 6.42 Å². The molecule has 0 bridgehead atoms. The van der Waals surface area contributed by atoms with Gasteiger partial charge in [0.1, 0.15) is 5.54 Å². The van der Waals surface area contributed by atoms with Gasteiger partial charge in [-0.05, 0) is 30.2 Å². The maximum Gasteiger partial charge on any atom is 0.329 e. The summed E-state index contributed by atoms with van der Waals surface area (Å²) in [7, 11) is 1.53.